The Morgan fingerprint density at radius 3 is 2.62 bits per heavy atom. The first-order valence-corrected chi connectivity index (χ1v) is 3.35. The normalized spacial score (nSPS) is 10.2. The van der Waals surface area contributed by atoms with Gasteiger partial charge in [0, 0.05) is 11.8 Å². The molecular weight excluding hydrogens is 183 g/mol. The first kappa shape index (κ1) is 9.88. The fourth-order valence-corrected chi connectivity index (χ4v) is 0.741. The molecule has 0 saturated carbocycles. The van der Waals surface area contributed by atoms with Crippen LogP contribution < -0.4 is 4.65 Å². The van der Waals surface area contributed by atoms with Gasteiger partial charge in [0.2, 0.25) is 0 Å². The number of hydrogen-bond donors (Lipinski definition) is 2. The van der Waals surface area contributed by atoms with E-state index >= 15 is 0 Å². The van der Waals surface area contributed by atoms with Crippen molar-refractivity contribution >= 4 is 7.32 Å². The maximum atomic E-state index is 12.1. The van der Waals surface area contributed by atoms with E-state index in [1.54, 1.807) is 0 Å². The minimum atomic E-state index is -2.66. The Kier molecular flexibility index (Phi) is 3.15. The fraction of sp³-hybridized carbons (Fsp3) is 0.167. The van der Waals surface area contributed by atoms with Gasteiger partial charge in [-0.15, -0.1) is 0 Å². The molecule has 1 heterocycles. The first-order valence-electron chi connectivity index (χ1n) is 3.35. The van der Waals surface area contributed by atoms with Crippen LogP contribution in [0.1, 0.15) is 12.0 Å². The second-order valence-electron chi connectivity index (χ2n) is 2.20. The summed E-state index contributed by atoms with van der Waals surface area (Å²) in [7, 11) is -2.03. The average Bonchev–Trinajstić information content (AvgIpc) is 2.03. The molecule has 4 nitrogen and oxygen atoms in total. The SMILES string of the molecule is OB(O)Oc1cncc(C(F)F)c1. The number of alkyl halides is 2. The molecule has 0 aliphatic rings. The van der Waals surface area contributed by atoms with Crippen LogP contribution in [0.15, 0.2) is 18.5 Å². The highest BCUT2D eigenvalue weighted by Crippen LogP contribution is 2.21. The summed E-state index contributed by atoms with van der Waals surface area (Å²) < 4.78 is 28.4. The fourth-order valence-electron chi connectivity index (χ4n) is 0.741. The molecular formula is C6H6BF2NO3. The van der Waals surface area contributed by atoms with Crippen molar-refractivity contribution in [2.45, 2.75) is 6.43 Å². The van der Waals surface area contributed by atoms with Crippen molar-refractivity contribution in [1.82, 2.24) is 4.98 Å². The molecule has 0 aromatic carbocycles. The number of halogens is 2. The van der Waals surface area contributed by atoms with Crippen LogP contribution in [0.25, 0.3) is 0 Å². The molecule has 7 heteroatoms. The van der Waals surface area contributed by atoms with Gasteiger partial charge < -0.3 is 14.7 Å². The largest absolute Gasteiger partial charge is 0.707 e. The highest BCUT2D eigenvalue weighted by molar-refractivity contribution is 6.33. The Morgan fingerprint density at radius 1 is 1.38 bits per heavy atom. The van der Waals surface area contributed by atoms with E-state index in [0.717, 1.165) is 18.5 Å². The van der Waals surface area contributed by atoms with E-state index in [0.29, 0.717) is 0 Å². The van der Waals surface area contributed by atoms with Crippen molar-refractivity contribution in [3.8, 4) is 5.75 Å². The summed E-state index contributed by atoms with van der Waals surface area (Å²) in [5.41, 5.74) is -0.335. The van der Waals surface area contributed by atoms with Crippen LogP contribution in [0.5, 0.6) is 5.75 Å². The summed E-state index contributed by atoms with van der Waals surface area (Å²) in [5.74, 6) is -0.118. The Hall–Kier alpha value is -1.21. The predicted octanol–water partition coefficient (Wildman–Crippen LogP) is 0.367. The molecule has 2 N–H and O–H groups in total. The number of aromatic nitrogens is 1. The van der Waals surface area contributed by atoms with Crippen LogP contribution in [-0.4, -0.2) is 22.4 Å². The highest BCUT2D eigenvalue weighted by Gasteiger charge is 2.13. The molecule has 0 atom stereocenters. The Balaban J connectivity index is 2.79. The van der Waals surface area contributed by atoms with Crippen LogP contribution in [0, 0.1) is 0 Å². The highest BCUT2D eigenvalue weighted by atomic mass is 19.3. The molecule has 0 unspecified atom stereocenters. The summed E-state index contributed by atoms with van der Waals surface area (Å²) in [6.45, 7) is 0. The van der Waals surface area contributed by atoms with Gasteiger partial charge in [-0.3, -0.25) is 4.98 Å². The van der Waals surface area contributed by atoms with Crippen LogP contribution in [0.4, 0.5) is 8.78 Å². The standard InChI is InChI=1S/C6H6BF2NO3/c8-6(9)4-1-5(3-10-2-4)13-7(11)12/h1-3,6,11-12H. The van der Waals surface area contributed by atoms with Crippen molar-refractivity contribution in [1.29, 1.82) is 0 Å². The van der Waals surface area contributed by atoms with Crippen molar-refractivity contribution < 1.29 is 23.5 Å². The maximum Gasteiger partial charge on any atom is 0.707 e. The van der Waals surface area contributed by atoms with E-state index in [-0.39, 0.29) is 11.3 Å². The monoisotopic (exact) mass is 189 g/mol. The van der Waals surface area contributed by atoms with Crippen LogP contribution in [0.3, 0.4) is 0 Å². The lowest BCUT2D eigenvalue weighted by molar-refractivity contribution is 0.150. The van der Waals surface area contributed by atoms with Crippen molar-refractivity contribution in [3.05, 3.63) is 24.0 Å². The van der Waals surface area contributed by atoms with E-state index in [9.17, 15) is 8.78 Å². The Morgan fingerprint density at radius 2 is 2.08 bits per heavy atom. The van der Waals surface area contributed by atoms with Gasteiger partial charge in [0.05, 0.1) is 6.20 Å². The van der Waals surface area contributed by atoms with E-state index in [4.69, 9.17) is 10.0 Å². The second kappa shape index (κ2) is 4.15. The average molecular weight is 189 g/mol. The number of pyridine rings is 1. The molecule has 1 aromatic rings. The lowest BCUT2D eigenvalue weighted by atomic mass is 10.2. The summed E-state index contributed by atoms with van der Waals surface area (Å²) >= 11 is 0. The molecule has 70 valence electrons. The summed E-state index contributed by atoms with van der Waals surface area (Å²) in [4.78, 5) is 3.43. The molecule has 0 bridgehead atoms. The lowest BCUT2D eigenvalue weighted by Gasteiger charge is -2.05. The smallest absolute Gasteiger partial charge is 0.511 e. The topological polar surface area (TPSA) is 62.6 Å². The molecule has 0 aliphatic carbocycles. The first-order chi connectivity index (χ1) is 6.09. The maximum absolute atomic E-state index is 12.1. The van der Waals surface area contributed by atoms with Gasteiger partial charge >= 0.3 is 7.32 Å². The van der Waals surface area contributed by atoms with Gasteiger partial charge in [0.15, 0.2) is 0 Å². The number of nitrogens with zero attached hydrogens (tertiary/aromatic N) is 1. The van der Waals surface area contributed by atoms with Gasteiger partial charge in [-0.25, -0.2) is 8.78 Å². The molecule has 0 saturated heterocycles. The Bertz CT molecular complexity index is 284. The Labute approximate surface area is 73.0 Å². The van der Waals surface area contributed by atoms with E-state index in [1.165, 1.54) is 0 Å². The van der Waals surface area contributed by atoms with Crippen LogP contribution in [-0.2, 0) is 0 Å². The third kappa shape index (κ3) is 2.96. The van der Waals surface area contributed by atoms with Crippen molar-refractivity contribution in [3.63, 3.8) is 0 Å². The molecule has 0 aliphatic heterocycles. The van der Waals surface area contributed by atoms with Crippen molar-refractivity contribution in [2.24, 2.45) is 0 Å². The quantitative estimate of drug-likeness (QED) is 0.674. The minimum absolute atomic E-state index is 0.118. The molecule has 0 spiro atoms. The second-order valence-corrected chi connectivity index (χ2v) is 2.20. The van der Waals surface area contributed by atoms with Gasteiger partial charge in [-0.05, 0) is 6.07 Å². The molecule has 0 amide bonds. The van der Waals surface area contributed by atoms with Gasteiger partial charge in [0.25, 0.3) is 6.43 Å². The molecule has 1 rings (SSSR count). The predicted molar refractivity (Wildman–Crippen MR) is 40.0 cm³/mol. The summed E-state index contributed by atoms with van der Waals surface area (Å²) in [5, 5.41) is 16.7. The van der Waals surface area contributed by atoms with Crippen LogP contribution in [0.2, 0.25) is 0 Å². The van der Waals surface area contributed by atoms with Gasteiger partial charge in [-0.2, -0.15) is 0 Å². The lowest BCUT2D eigenvalue weighted by Crippen LogP contribution is -2.20. The third-order valence-electron chi connectivity index (χ3n) is 1.23. The minimum Gasteiger partial charge on any atom is -0.511 e. The zero-order valence-corrected chi connectivity index (χ0v) is 6.39. The molecule has 1 aromatic heterocycles. The summed E-state index contributed by atoms with van der Waals surface area (Å²) in [6.07, 6.45) is -0.584. The van der Waals surface area contributed by atoms with E-state index < -0.39 is 13.7 Å². The zero-order valence-electron chi connectivity index (χ0n) is 6.39. The van der Waals surface area contributed by atoms with E-state index in [2.05, 4.69) is 9.64 Å². The molecule has 0 radical (unpaired) electrons. The summed E-state index contributed by atoms with van der Waals surface area (Å²) in [6, 6.07) is 0.983. The molecule has 13 heavy (non-hydrogen) atoms. The van der Waals surface area contributed by atoms with Crippen LogP contribution >= 0.6 is 0 Å². The molecule has 0 fully saturated rings. The van der Waals surface area contributed by atoms with Gasteiger partial charge in [0.1, 0.15) is 5.75 Å². The van der Waals surface area contributed by atoms with E-state index in [1.807, 2.05) is 0 Å². The number of rotatable bonds is 3. The zero-order chi connectivity index (χ0) is 9.84. The third-order valence-corrected chi connectivity index (χ3v) is 1.23. The number of hydrogen-bond acceptors (Lipinski definition) is 4. The van der Waals surface area contributed by atoms with Gasteiger partial charge in [-0.1, -0.05) is 0 Å². The van der Waals surface area contributed by atoms with Crippen molar-refractivity contribution in [2.75, 3.05) is 0 Å².